The molecule has 0 saturated heterocycles. The number of nitrogens with one attached hydrogen (secondary N) is 2. The van der Waals surface area contributed by atoms with Crippen LogP contribution in [0.5, 0.6) is 0 Å². The number of aromatic nitrogens is 4. The predicted octanol–water partition coefficient (Wildman–Crippen LogP) is 1.98. The molecule has 0 fully saturated rings. The van der Waals surface area contributed by atoms with E-state index in [9.17, 15) is 8.42 Å². The molecule has 142 valence electrons. The van der Waals surface area contributed by atoms with Gasteiger partial charge in [-0.25, -0.2) is 27.8 Å². The van der Waals surface area contributed by atoms with Gasteiger partial charge >= 0.3 is 0 Å². The number of anilines is 1. The van der Waals surface area contributed by atoms with Crippen molar-refractivity contribution in [1.82, 2.24) is 24.5 Å². The number of hydrogen-bond donors (Lipinski definition) is 2. The number of rotatable bonds is 7. The molecule has 1 aromatic carbocycles. The average Bonchev–Trinajstić information content (AvgIpc) is 3.15. The van der Waals surface area contributed by atoms with E-state index in [1.54, 1.807) is 42.2 Å². The van der Waals surface area contributed by atoms with E-state index >= 15 is 0 Å². The Labute approximate surface area is 158 Å². The Balaban J connectivity index is 1.61. The molecule has 8 nitrogen and oxygen atoms in total. The van der Waals surface area contributed by atoms with E-state index in [2.05, 4.69) is 25.1 Å². The molecule has 0 atom stereocenters. The molecule has 27 heavy (non-hydrogen) atoms. The highest BCUT2D eigenvalue weighted by Crippen LogP contribution is 2.14. The van der Waals surface area contributed by atoms with E-state index in [-0.39, 0.29) is 11.4 Å². The van der Waals surface area contributed by atoms with Crippen LogP contribution in [0.25, 0.3) is 5.82 Å². The maximum atomic E-state index is 12.4. The Morgan fingerprint density at radius 3 is 2.56 bits per heavy atom. The number of sulfonamides is 1. The van der Waals surface area contributed by atoms with Crippen LogP contribution in [0.1, 0.15) is 17.0 Å². The average molecular weight is 386 g/mol. The summed E-state index contributed by atoms with van der Waals surface area (Å²) < 4.78 is 29.0. The van der Waals surface area contributed by atoms with Gasteiger partial charge in [0.1, 0.15) is 11.6 Å². The van der Waals surface area contributed by atoms with Gasteiger partial charge in [-0.2, -0.15) is 5.10 Å². The van der Waals surface area contributed by atoms with Gasteiger partial charge in [-0.3, -0.25) is 0 Å². The molecule has 0 radical (unpaired) electrons. The van der Waals surface area contributed by atoms with Crippen LogP contribution in [0.4, 0.5) is 5.82 Å². The van der Waals surface area contributed by atoms with Crippen LogP contribution >= 0.6 is 0 Å². The number of benzene rings is 1. The van der Waals surface area contributed by atoms with Crippen LogP contribution in [0.2, 0.25) is 0 Å². The van der Waals surface area contributed by atoms with Crippen molar-refractivity contribution in [3.63, 3.8) is 0 Å². The van der Waals surface area contributed by atoms with E-state index in [0.29, 0.717) is 24.0 Å². The first-order chi connectivity index (χ1) is 12.8. The molecule has 0 aliphatic rings. The Morgan fingerprint density at radius 2 is 1.85 bits per heavy atom. The van der Waals surface area contributed by atoms with Gasteiger partial charge in [0.25, 0.3) is 0 Å². The molecule has 3 aromatic rings. The second kappa shape index (κ2) is 7.85. The fourth-order valence-electron chi connectivity index (χ4n) is 2.50. The minimum Gasteiger partial charge on any atom is -0.369 e. The molecule has 0 bridgehead atoms. The summed E-state index contributed by atoms with van der Waals surface area (Å²) in [5.74, 6) is 1.85. The van der Waals surface area contributed by atoms with Gasteiger partial charge in [-0.1, -0.05) is 6.07 Å². The summed E-state index contributed by atoms with van der Waals surface area (Å²) in [5, 5.41) is 7.26. The highest BCUT2D eigenvalue weighted by atomic mass is 32.2. The quantitative estimate of drug-likeness (QED) is 0.602. The topological polar surface area (TPSA) is 102 Å². The zero-order valence-corrected chi connectivity index (χ0v) is 16.3. The third-order valence-corrected chi connectivity index (χ3v) is 5.53. The van der Waals surface area contributed by atoms with Gasteiger partial charge in [0.2, 0.25) is 10.0 Å². The first-order valence-corrected chi connectivity index (χ1v) is 10.00. The van der Waals surface area contributed by atoms with E-state index in [0.717, 1.165) is 11.1 Å². The minimum absolute atomic E-state index is 0.232. The Hall–Kier alpha value is -2.78. The van der Waals surface area contributed by atoms with Crippen LogP contribution in [-0.2, 0) is 10.0 Å². The lowest BCUT2D eigenvalue weighted by atomic mass is 10.1. The van der Waals surface area contributed by atoms with E-state index in [4.69, 9.17) is 0 Å². The molecule has 0 aliphatic heterocycles. The SMILES string of the molecule is Cc1nc(NCCNS(=O)(=O)c2ccc(C)c(C)c2)cc(-n2cccn2)n1. The lowest BCUT2D eigenvalue weighted by molar-refractivity contribution is 0.582. The van der Waals surface area contributed by atoms with Crippen LogP contribution in [0.15, 0.2) is 47.6 Å². The Bertz CT molecular complexity index is 1030. The van der Waals surface area contributed by atoms with Gasteiger partial charge in [-0.05, 0) is 50.1 Å². The monoisotopic (exact) mass is 386 g/mol. The normalized spacial score (nSPS) is 11.5. The van der Waals surface area contributed by atoms with E-state index < -0.39 is 10.0 Å². The molecule has 0 spiro atoms. The van der Waals surface area contributed by atoms with Crippen molar-refractivity contribution >= 4 is 15.8 Å². The maximum Gasteiger partial charge on any atom is 0.240 e. The van der Waals surface area contributed by atoms with E-state index in [1.165, 1.54) is 0 Å². The highest BCUT2D eigenvalue weighted by Gasteiger charge is 2.14. The fourth-order valence-corrected chi connectivity index (χ4v) is 3.62. The van der Waals surface area contributed by atoms with Crippen LogP contribution in [-0.4, -0.2) is 41.3 Å². The summed E-state index contributed by atoms with van der Waals surface area (Å²) in [5.41, 5.74) is 2.00. The van der Waals surface area contributed by atoms with Crippen molar-refractivity contribution < 1.29 is 8.42 Å². The Morgan fingerprint density at radius 1 is 1.04 bits per heavy atom. The molecule has 0 saturated carbocycles. The summed E-state index contributed by atoms with van der Waals surface area (Å²) in [6, 6.07) is 8.67. The van der Waals surface area contributed by atoms with Crippen molar-refractivity contribution in [1.29, 1.82) is 0 Å². The fraction of sp³-hybridized carbons (Fsp3) is 0.278. The summed E-state index contributed by atoms with van der Waals surface area (Å²) in [6.45, 7) is 6.25. The molecule has 2 aromatic heterocycles. The van der Waals surface area contributed by atoms with Crippen LogP contribution in [0.3, 0.4) is 0 Å². The zero-order valence-electron chi connectivity index (χ0n) is 15.5. The first kappa shape index (κ1) is 19.0. The van der Waals surface area contributed by atoms with Crippen LogP contribution < -0.4 is 10.0 Å². The lowest BCUT2D eigenvalue weighted by Crippen LogP contribution is -2.29. The predicted molar refractivity (Wildman–Crippen MR) is 103 cm³/mol. The van der Waals surface area contributed by atoms with Crippen molar-refractivity contribution in [2.45, 2.75) is 25.7 Å². The molecule has 2 N–H and O–H groups in total. The number of hydrogen-bond acceptors (Lipinski definition) is 6. The summed E-state index contributed by atoms with van der Waals surface area (Å²) in [6.07, 6.45) is 3.47. The smallest absolute Gasteiger partial charge is 0.240 e. The largest absolute Gasteiger partial charge is 0.369 e. The summed E-state index contributed by atoms with van der Waals surface area (Å²) in [7, 11) is -3.54. The minimum atomic E-state index is -3.54. The van der Waals surface area contributed by atoms with Gasteiger partial charge in [0.15, 0.2) is 5.82 Å². The second-order valence-corrected chi connectivity index (χ2v) is 7.95. The van der Waals surface area contributed by atoms with Gasteiger partial charge in [0, 0.05) is 31.5 Å². The van der Waals surface area contributed by atoms with Crippen molar-refractivity contribution in [3.05, 3.63) is 59.7 Å². The maximum absolute atomic E-state index is 12.4. The number of nitrogens with zero attached hydrogens (tertiary/aromatic N) is 4. The lowest BCUT2D eigenvalue weighted by Gasteiger charge is -2.11. The standard InChI is InChI=1S/C18H22N6O2S/c1-13-5-6-16(11-14(13)2)27(25,26)21-9-8-19-17-12-18(23-15(3)22-17)24-10-4-7-20-24/h4-7,10-12,21H,8-9H2,1-3H3,(H,19,22,23). The molecular formula is C18H22N6O2S. The third-order valence-electron chi connectivity index (χ3n) is 4.08. The molecule has 0 amide bonds. The third kappa shape index (κ3) is 4.69. The zero-order chi connectivity index (χ0) is 19.4. The summed E-state index contributed by atoms with van der Waals surface area (Å²) in [4.78, 5) is 8.92. The number of aryl methyl sites for hydroxylation is 3. The van der Waals surface area contributed by atoms with Gasteiger partial charge in [0.05, 0.1) is 4.90 Å². The van der Waals surface area contributed by atoms with Gasteiger partial charge < -0.3 is 5.32 Å². The van der Waals surface area contributed by atoms with Crippen molar-refractivity contribution in [2.75, 3.05) is 18.4 Å². The first-order valence-electron chi connectivity index (χ1n) is 8.52. The molecule has 9 heteroatoms. The molecule has 3 rings (SSSR count). The van der Waals surface area contributed by atoms with Crippen molar-refractivity contribution in [3.8, 4) is 5.82 Å². The Kier molecular flexibility index (Phi) is 5.52. The van der Waals surface area contributed by atoms with E-state index in [1.807, 2.05) is 26.0 Å². The molecule has 0 aliphatic carbocycles. The molecule has 0 unspecified atom stereocenters. The second-order valence-electron chi connectivity index (χ2n) is 6.18. The highest BCUT2D eigenvalue weighted by molar-refractivity contribution is 7.89. The summed E-state index contributed by atoms with van der Waals surface area (Å²) >= 11 is 0. The molecule has 2 heterocycles. The van der Waals surface area contributed by atoms with Crippen LogP contribution in [0, 0.1) is 20.8 Å². The van der Waals surface area contributed by atoms with Gasteiger partial charge in [-0.15, -0.1) is 0 Å². The van der Waals surface area contributed by atoms with Crippen molar-refractivity contribution in [2.24, 2.45) is 0 Å². The molecular weight excluding hydrogens is 364 g/mol.